The number of methoxy groups -OCH3 is 3. The zero-order chi connectivity index (χ0) is 31.8. The maximum atomic E-state index is 6.49. The predicted molar refractivity (Wildman–Crippen MR) is 180 cm³/mol. The molecule has 0 unspecified atom stereocenters. The van der Waals surface area contributed by atoms with E-state index in [0.717, 1.165) is 76.5 Å². The molecule has 4 aromatic rings. The third kappa shape index (κ3) is 6.40. The zero-order valence-corrected chi connectivity index (χ0v) is 27.9. The van der Waals surface area contributed by atoms with Crippen LogP contribution in [-0.2, 0) is 25.7 Å². The molecule has 0 radical (unpaired) electrons. The highest BCUT2D eigenvalue weighted by atomic mass is 16.5. The van der Waals surface area contributed by atoms with Gasteiger partial charge >= 0.3 is 0 Å². The normalized spacial score (nSPS) is 19.6. The van der Waals surface area contributed by atoms with Crippen LogP contribution in [0.25, 0.3) is 0 Å². The van der Waals surface area contributed by atoms with Crippen LogP contribution in [0, 0.1) is 0 Å². The molecule has 0 saturated heterocycles. The molecule has 0 saturated carbocycles. The third-order valence-electron chi connectivity index (χ3n) is 10.3. The third-order valence-corrected chi connectivity index (χ3v) is 10.3. The first kappa shape index (κ1) is 31.0. The second-order valence-corrected chi connectivity index (χ2v) is 13.8. The first-order valence-electron chi connectivity index (χ1n) is 16.0. The summed E-state index contributed by atoms with van der Waals surface area (Å²) in [4.78, 5) is 0. The maximum Gasteiger partial charge on any atom is 0.169 e. The number of fused-ring (bicyclic) bond motifs is 2. The van der Waals surface area contributed by atoms with Gasteiger partial charge in [-0.05, 0) is 70.8 Å². The molecule has 0 N–H and O–H groups in total. The van der Waals surface area contributed by atoms with Crippen molar-refractivity contribution in [1.29, 1.82) is 0 Å². The topological polar surface area (TPSA) is 36.9 Å². The number of rotatable bonds is 9. The summed E-state index contributed by atoms with van der Waals surface area (Å²) >= 11 is 0. The van der Waals surface area contributed by atoms with Crippen molar-refractivity contribution in [3.63, 3.8) is 0 Å². The lowest BCUT2D eigenvalue weighted by atomic mass is 9.87. The summed E-state index contributed by atoms with van der Waals surface area (Å²) in [5, 5.41) is 0. The lowest BCUT2D eigenvalue weighted by molar-refractivity contribution is -0.923. The summed E-state index contributed by atoms with van der Waals surface area (Å²) < 4.78 is 25.3. The van der Waals surface area contributed by atoms with E-state index in [4.69, 9.17) is 18.9 Å². The average Bonchev–Trinajstić information content (AvgIpc) is 3.04. The lowest BCUT2D eigenvalue weighted by Crippen LogP contribution is -2.48. The minimum Gasteiger partial charge on any atom is -0.497 e. The van der Waals surface area contributed by atoms with Gasteiger partial charge in [-0.25, -0.2) is 0 Å². The SMILES string of the molecule is COc1ccc2c(c1)[C@@H](Cc1ccc(Oc3cc(C[C@H]4c5cc(OC)ccc5CC[N+]4(C)C)ccc3OC)cc1)[N+](C)(C)CC2. The maximum absolute atomic E-state index is 6.49. The molecule has 2 atom stereocenters. The highest BCUT2D eigenvalue weighted by Gasteiger charge is 2.37. The molecule has 0 bridgehead atoms. The summed E-state index contributed by atoms with van der Waals surface area (Å²) in [6.45, 7) is 2.23. The van der Waals surface area contributed by atoms with Crippen LogP contribution in [0.3, 0.4) is 0 Å². The van der Waals surface area contributed by atoms with Gasteiger partial charge in [-0.1, -0.05) is 30.3 Å². The van der Waals surface area contributed by atoms with Crippen LogP contribution in [0.15, 0.2) is 78.9 Å². The second kappa shape index (κ2) is 12.4. The molecule has 6 heteroatoms. The zero-order valence-electron chi connectivity index (χ0n) is 27.9. The first-order valence-corrected chi connectivity index (χ1v) is 16.0. The van der Waals surface area contributed by atoms with Gasteiger partial charge in [0.25, 0.3) is 0 Å². The Morgan fingerprint density at radius 1 is 0.533 bits per heavy atom. The number of nitrogens with zero attached hydrogens (tertiary/aromatic N) is 2. The summed E-state index contributed by atoms with van der Waals surface area (Å²) in [6.07, 6.45) is 4.02. The molecule has 0 fully saturated rings. The van der Waals surface area contributed by atoms with Crippen LogP contribution >= 0.6 is 0 Å². The number of likely N-dealkylation sites (N-methyl/N-ethyl adjacent to an activating group) is 2. The predicted octanol–water partition coefficient (Wildman–Crippen LogP) is 7.34. The fraction of sp³-hybridized carbons (Fsp3) is 0.385. The number of ether oxygens (including phenoxy) is 4. The van der Waals surface area contributed by atoms with Crippen molar-refractivity contribution in [2.24, 2.45) is 0 Å². The van der Waals surface area contributed by atoms with E-state index in [1.54, 1.807) is 21.3 Å². The summed E-state index contributed by atoms with van der Waals surface area (Å²) in [7, 11) is 14.5. The largest absolute Gasteiger partial charge is 0.497 e. The van der Waals surface area contributed by atoms with E-state index < -0.39 is 0 Å². The molecule has 2 aliphatic heterocycles. The van der Waals surface area contributed by atoms with Crippen LogP contribution in [0.2, 0.25) is 0 Å². The minimum atomic E-state index is 0.317. The number of hydrogen-bond acceptors (Lipinski definition) is 4. The van der Waals surface area contributed by atoms with Crippen molar-refractivity contribution >= 4 is 0 Å². The monoisotopic (exact) mass is 608 g/mol. The summed E-state index contributed by atoms with van der Waals surface area (Å²) in [5.74, 6) is 4.11. The van der Waals surface area contributed by atoms with Crippen LogP contribution < -0.4 is 18.9 Å². The molecule has 0 amide bonds. The van der Waals surface area contributed by atoms with Crippen molar-refractivity contribution in [2.45, 2.75) is 37.8 Å². The standard InChI is InChI=1S/C39H48N2O4/c1-40(2)20-18-29-11-15-32(42-5)25-34(29)36(40)22-27-8-13-31(14-9-27)45-39-24-28(10-17-38(39)44-7)23-37-35-26-33(43-6)16-12-30(35)19-21-41(37,3)4/h8-17,24-26,36-37H,18-23H2,1-7H3/q+2/t36-,37+/m1/s1. The lowest BCUT2D eigenvalue weighted by Gasteiger charge is -2.43. The van der Waals surface area contributed by atoms with Gasteiger partial charge in [-0.2, -0.15) is 0 Å². The Kier molecular flexibility index (Phi) is 8.55. The number of hydrogen-bond donors (Lipinski definition) is 0. The quantitative estimate of drug-likeness (QED) is 0.186. The van der Waals surface area contributed by atoms with Gasteiger partial charge in [0.15, 0.2) is 11.5 Å². The van der Waals surface area contributed by atoms with Gasteiger partial charge in [-0.3, -0.25) is 0 Å². The summed E-state index contributed by atoms with van der Waals surface area (Å²) in [5.41, 5.74) is 8.14. The highest BCUT2D eigenvalue weighted by molar-refractivity contribution is 5.47. The van der Waals surface area contributed by atoms with E-state index >= 15 is 0 Å². The first-order chi connectivity index (χ1) is 21.6. The van der Waals surface area contributed by atoms with E-state index in [1.807, 2.05) is 6.07 Å². The van der Waals surface area contributed by atoms with Crippen molar-refractivity contribution in [3.8, 4) is 28.7 Å². The Morgan fingerprint density at radius 3 is 1.53 bits per heavy atom. The van der Waals surface area contributed by atoms with Gasteiger partial charge in [0.1, 0.15) is 29.3 Å². The van der Waals surface area contributed by atoms with Gasteiger partial charge in [0.05, 0.1) is 62.6 Å². The van der Waals surface area contributed by atoms with E-state index in [0.29, 0.717) is 12.1 Å². The fourth-order valence-corrected chi connectivity index (χ4v) is 7.27. The molecular formula is C39H48N2O4+2. The van der Waals surface area contributed by atoms with E-state index in [-0.39, 0.29) is 0 Å². The minimum absolute atomic E-state index is 0.317. The van der Waals surface area contributed by atoms with E-state index in [9.17, 15) is 0 Å². The Morgan fingerprint density at radius 2 is 1.02 bits per heavy atom. The van der Waals surface area contributed by atoms with Crippen molar-refractivity contribution in [1.82, 2.24) is 0 Å². The molecule has 6 nitrogen and oxygen atoms in total. The molecule has 6 rings (SSSR count). The molecule has 0 aromatic heterocycles. The Balaban J connectivity index is 1.22. The van der Waals surface area contributed by atoms with E-state index in [2.05, 4.69) is 101 Å². The number of quaternary nitrogens is 2. The van der Waals surface area contributed by atoms with Crippen LogP contribution in [0.4, 0.5) is 0 Å². The summed E-state index contributed by atoms with van der Waals surface area (Å²) in [6, 6.07) is 28.7. The molecule has 2 heterocycles. The molecule has 0 aliphatic carbocycles. The molecule has 2 aliphatic rings. The van der Waals surface area contributed by atoms with Crippen LogP contribution in [0.1, 0.15) is 45.5 Å². The van der Waals surface area contributed by atoms with Gasteiger partial charge in [-0.15, -0.1) is 0 Å². The smallest absolute Gasteiger partial charge is 0.169 e. The van der Waals surface area contributed by atoms with Crippen molar-refractivity contribution in [2.75, 3.05) is 62.6 Å². The highest BCUT2D eigenvalue weighted by Crippen LogP contribution is 2.41. The van der Waals surface area contributed by atoms with Gasteiger partial charge < -0.3 is 27.9 Å². The van der Waals surface area contributed by atoms with Gasteiger partial charge in [0.2, 0.25) is 0 Å². The molecule has 45 heavy (non-hydrogen) atoms. The van der Waals surface area contributed by atoms with Crippen molar-refractivity contribution < 1.29 is 27.9 Å². The number of benzene rings is 4. The molecule has 0 spiro atoms. The Hall–Kier alpha value is -4.00. The Bertz CT molecular complexity index is 1660. The van der Waals surface area contributed by atoms with Crippen LogP contribution in [-0.4, -0.2) is 71.6 Å². The molecular weight excluding hydrogens is 560 g/mol. The Labute approximate surface area is 268 Å². The molecule has 4 aromatic carbocycles. The average molecular weight is 609 g/mol. The van der Waals surface area contributed by atoms with Crippen molar-refractivity contribution in [3.05, 3.63) is 112 Å². The molecule has 236 valence electrons. The van der Waals surface area contributed by atoms with Gasteiger partial charge in [0, 0.05) is 36.8 Å². The second-order valence-electron chi connectivity index (χ2n) is 13.8. The van der Waals surface area contributed by atoms with Crippen LogP contribution in [0.5, 0.6) is 28.7 Å². The fourth-order valence-electron chi connectivity index (χ4n) is 7.27. The van der Waals surface area contributed by atoms with E-state index in [1.165, 1.54) is 33.4 Å².